The highest BCUT2D eigenvalue weighted by atomic mass is 35.5. The molecule has 2 atom stereocenters. The number of nitrogens with zero attached hydrogens (tertiary/aromatic N) is 1. The van der Waals surface area contributed by atoms with E-state index in [0.29, 0.717) is 29.8 Å². The van der Waals surface area contributed by atoms with Crippen LogP contribution in [0, 0.1) is 11.8 Å². The SMILES string of the molecule is CCOc1ccccc1C(=O)N1C[C@H]2CNC[C@H]2C1.Cl. The number of fused-ring (bicyclic) bond motifs is 1. The minimum absolute atomic E-state index is 0. The minimum Gasteiger partial charge on any atom is -0.493 e. The van der Waals surface area contributed by atoms with E-state index in [1.807, 2.05) is 36.1 Å². The normalized spacial score (nSPS) is 24.1. The van der Waals surface area contributed by atoms with Crippen LogP contribution in [-0.2, 0) is 0 Å². The molecule has 1 amide bonds. The van der Waals surface area contributed by atoms with Gasteiger partial charge in [0.2, 0.25) is 0 Å². The predicted octanol–water partition coefficient (Wildman–Crippen LogP) is 1.80. The molecular weight excluding hydrogens is 276 g/mol. The maximum Gasteiger partial charge on any atom is 0.257 e. The first-order valence-electron chi connectivity index (χ1n) is 7.01. The standard InChI is InChI=1S/C15H20N2O2.ClH/c1-2-19-14-6-4-3-5-13(14)15(18)17-9-11-7-16-8-12(11)10-17;/h3-6,11-12,16H,2,7-10H2,1H3;1H/t11-,12+;. The minimum atomic E-state index is 0. The Kier molecular flexibility index (Phi) is 4.89. The van der Waals surface area contributed by atoms with Crippen molar-refractivity contribution < 1.29 is 9.53 Å². The van der Waals surface area contributed by atoms with Gasteiger partial charge in [0, 0.05) is 26.2 Å². The highest BCUT2D eigenvalue weighted by Gasteiger charge is 2.38. The zero-order valence-electron chi connectivity index (χ0n) is 11.7. The smallest absolute Gasteiger partial charge is 0.257 e. The number of carbonyl (C=O) groups excluding carboxylic acids is 1. The Hall–Kier alpha value is -1.26. The molecule has 110 valence electrons. The summed E-state index contributed by atoms with van der Waals surface area (Å²) < 4.78 is 5.55. The van der Waals surface area contributed by atoms with E-state index in [9.17, 15) is 4.79 Å². The molecule has 4 nitrogen and oxygen atoms in total. The molecule has 2 saturated heterocycles. The first-order chi connectivity index (χ1) is 9.29. The second-order valence-electron chi connectivity index (χ2n) is 5.32. The fourth-order valence-corrected chi connectivity index (χ4v) is 3.12. The van der Waals surface area contributed by atoms with E-state index in [-0.39, 0.29) is 18.3 Å². The number of likely N-dealkylation sites (tertiary alicyclic amines) is 1. The fraction of sp³-hybridized carbons (Fsp3) is 0.533. The number of rotatable bonds is 3. The van der Waals surface area contributed by atoms with E-state index < -0.39 is 0 Å². The number of carbonyl (C=O) groups is 1. The number of para-hydroxylation sites is 1. The third-order valence-electron chi connectivity index (χ3n) is 4.09. The summed E-state index contributed by atoms with van der Waals surface area (Å²) in [4.78, 5) is 14.6. The summed E-state index contributed by atoms with van der Waals surface area (Å²) in [6.07, 6.45) is 0. The van der Waals surface area contributed by atoms with Crippen LogP contribution in [0.4, 0.5) is 0 Å². The zero-order valence-corrected chi connectivity index (χ0v) is 12.5. The quantitative estimate of drug-likeness (QED) is 0.925. The highest BCUT2D eigenvalue weighted by molar-refractivity contribution is 5.97. The van der Waals surface area contributed by atoms with Gasteiger partial charge >= 0.3 is 0 Å². The van der Waals surface area contributed by atoms with Crippen LogP contribution in [0.25, 0.3) is 0 Å². The van der Waals surface area contributed by atoms with E-state index in [1.54, 1.807) is 0 Å². The Bertz CT molecular complexity index is 469. The van der Waals surface area contributed by atoms with Crippen LogP contribution in [0.15, 0.2) is 24.3 Å². The van der Waals surface area contributed by atoms with Crippen molar-refractivity contribution in [3.63, 3.8) is 0 Å². The summed E-state index contributed by atoms with van der Waals surface area (Å²) in [6.45, 7) is 6.35. The molecule has 0 aliphatic carbocycles. The van der Waals surface area contributed by atoms with E-state index in [0.717, 1.165) is 26.2 Å². The first-order valence-corrected chi connectivity index (χ1v) is 7.01. The lowest BCUT2D eigenvalue weighted by atomic mass is 10.0. The first kappa shape index (κ1) is 15.1. The van der Waals surface area contributed by atoms with Crippen LogP contribution in [0.5, 0.6) is 5.75 Å². The van der Waals surface area contributed by atoms with Crippen molar-refractivity contribution in [1.82, 2.24) is 10.2 Å². The van der Waals surface area contributed by atoms with Crippen molar-refractivity contribution in [1.29, 1.82) is 0 Å². The van der Waals surface area contributed by atoms with Crippen LogP contribution in [0.2, 0.25) is 0 Å². The molecule has 0 spiro atoms. The zero-order chi connectivity index (χ0) is 13.2. The largest absolute Gasteiger partial charge is 0.493 e. The number of halogens is 1. The Labute approximate surface area is 125 Å². The molecule has 20 heavy (non-hydrogen) atoms. The monoisotopic (exact) mass is 296 g/mol. The van der Waals surface area contributed by atoms with E-state index in [1.165, 1.54) is 0 Å². The van der Waals surface area contributed by atoms with E-state index in [4.69, 9.17) is 4.74 Å². The second kappa shape index (κ2) is 6.46. The summed E-state index contributed by atoms with van der Waals surface area (Å²) in [7, 11) is 0. The summed E-state index contributed by atoms with van der Waals surface area (Å²) in [5.41, 5.74) is 0.692. The molecule has 5 heteroatoms. The maximum absolute atomic E-state index is 12.6. The van der Waals surface area contributed by atoms with Gasteiger partial charge in [0.1, 0.15) is 5.75 Å². The molecule has 2 aliphatic rings. The van der Waals surface area contributed by atoms with Gasteiger partial charge in [0.05, 0.1) is 12.2 Å². The summed E-state index contributed by atoms with van der Waals surface area (Å²) in [5, 5.41) is 3.39. The van der Waals surface area contributed by atoms with E-state index >= 15 is 0 Å². The molecule has 2 aliphatic heterocycles. The molecule has 0 bridgehead atoms. The lowest BCUT2D eigenvalue weighted by molar-refractivity contribution is 0.0777. The molecular formula is C15H21ClN2O2. The molecule has 2 heterocycles. The van der Waals surface area contributed by atoms with Crippen LogP contribution in [0.3, 0.4) is 0 Å². The van der Waals surface area contributed by atoms with Crippen molar-refractivity contribution in [2.75, 3.05) is 32.8 Å². The molecule has 1 aromatic carbocycles. The van der Waals surface area contributed by atoms with Crippen molar-refractivity contribution in [2.45, 2.75) is 6.92 Å². The van der Waals surface area contributed by atoms with Gasteiger partial charge < -0.3 is 15.0 Å². The Balaban J connectivity index is 0.00000147. The predicted molar refractivity (Wildman–Crippen MR) is 80.6 cm³/mol. The van der Waals surface area contributed by atoms with Gasteiger partial charge in [-0.2, -0.15) is 0 Å². The van der Waals surface area contributed by atoms with Crippen molar-refractivity contribution in [3.8, 4) is 5.75 Å². The number of nitrogens with one attached hydrogen (secondary N) is 1. The maximum atomic E-state index is 12.6. The third kappa shape index (κ3) is 2.76. The average Bonchev–Trinajstić information content (AvgIpc) is 2.99. The third-order valence-corrected chi connectivity index (χ3v) is 4.09. The van der Waals surface area contributed by atoms with Crippen LogP contribution in [-0.4, -0.2) is 43.6 Å². The fourth-order valence-electron chi connectivity index (χ4n) is 3.12. The summed E-state index contributed by atoms with van der Waals surface area (Å²) in [5.74, 6) is 2.06. The highest BCUT2D eigenvalue weighted by Crippen LogP contribution is 2.29. The van der Waals surface area contributed by atoms with Gasteiger partial charge in [0.25, 0.3) is 5.91 Å². The van der Waals surface area contributed by atoms with Crippen molar-refractivity contribution >= 4 is 18.3 Å². The number of benzene rings is 1. The molecule has 3 rings (SSSR count). The Morgan fingerprint density at radius 1 is 1.30 bits per heavy atom. The lowest BCUT2D eigenvalue weighted by Crippen LogP contribution is -2.32. The van der Waals surface area contributed by atoms with Crippen LogP contribution >= 0.6 is 12.4 Å². The van der Waals surface area contributed by atoms with Gasteiger partial charge in [-0.3, -0.25) is 4.79 Å². The Morgan fingerprint density at radius 3 is 2.60 bits per heavy atom. The molecule has 2 fully saturated rings. The molecule has 0 saturated carbocycles. The van der Waals surface area contributed by atoms with Gasteiger partial charge in [-0.1, -0.05) is 12.1 Å². The van der Waals surface area contributed by atoms with Gasteiger partial charge in [-0.15, -0.1) is 12.4 Å². The summed E-state index contributed by atoms with van der Waals surface area (Å²) in [6, 6.07) is 7.54. The van der Waals surface area contributed by atoms with Gasteiger partial charge in [-0.25, -0.2) is 0 Å². The topological polar surface area (TPSA) is 41.6 Å². The lowest BCUT2D eigenvalue weighted by Gasteiger charge is -2.19. The molecule has 1 N–H and O–H groups in total. The molecule has 0 radical (unpaired) electrons. The average molecular weight is 297 g/mol. The van der Waals surface area contributed by atoms with Crippen molar-refractivity contribution in [2.24, 2.45) is 11.8 Å². The molecule has 1 aromatic rings. The Morgan fingerprint density at radius 2 is 1.95 bits per heavy atom. The van der Waals surface area contributed by atoms with Crippen molar-refractivity contribution in [3.05, 3.63) is 29.8 Å². The molecule has 0 unspecified atom stereocenters. The van der Waals surface area contributed by atoms with E-state index in [2.05, 4.69) is 5.32 Å². The number of ether oxygens (including phenoxy) is 1. The summed E-state index contributed by atoms with van der Waals surface area (Å²) >= 11 is 0. The molecule has 0 aromatic heterocycles. The number of hydrogen-bond donors (Lipinski definition) is 1. The van der Waals surface area contributed by atoms with Gasteiger partial charge in [0.15, 0.2) is 0 Å². The van der Waals surface area contributed by atoms with Crippen LogP contribution in [0.1, 0.15) is 17.3 Å². The number of hydrogen-bond acceptors (Lipinski definition) is 3. The number of amides is 1. The second-order valence-corrected chi connectivity index (χ2v) is 5.32. The van der Waals surface area contributed by atoms with Gasteiger partial charge in [-0.05, 0) is 30.9 Å². The van der Waals surface area contributed by atoms with Crippen LogP contribution < -0.4 is 10.1 Å².